The maximum Gasteiger partial charge on any atom is 0.408 e. The van der Waals surface area contributed by atoms with Gasteiger partial charge in [0.1, 0.15) is 18.7 Å². The molecule has 1 saturated heterocycles. The molecule has 3 amide bonds. The molecule has 2 aromatic rings. The molecule has 34 heavy (non-hydrogen) atoms. The summed E-state index contributed by atoms with van der Waals surface area (Å²) in [5, 5.41) is 11.6. The second-order valence-electron chi connectivity index (χ2n) is 8.97. The van der Waals surface area contributed by atoms with Crippen LogP contribution in [0.25, 0.3) is 11.1 Å². The van der Waals surface area contributed by atoms with Gasteiger partial charge in [-0.15, -0.1) is 0 Å². The maximum atomic E-state index is 13.0. The van der Waals surface area contributed by atoms with E-state index in [0.29, 0.717) is 12.8 Å². The molecule has 176 valence electrons. The lowest BCUT2D eigenvalue weighted by Crippen LogP contribution is -2.58. The number of nitrogens with one attached hydrogen (secondary N) is 1. The summed E-state index contributed by atoms with van der Waals surface area (Å²) in [4.78, 5) is 51.4. The number of carboxylic acids is 1. The lowest BCUT2D eigenvalue weighted by Gasteiger charge is -2.35. The number of nitrogens with zero attached hydrogens (tertiary/aromatic N) is 2. The third-order valence-corrected chi connectivity index (χ3v) is 6.78. The number of piperazine rings is 1. The number of alkyl carbamates (subject to hydrolysis) is 1. The van der Waals surface area contributed by atoms with Gasteiger partial charge in [-0.05, 0) is 35.1 Å². The van der Waals surface area contributed by atoms with E-state index in [1.807, 2.05) is 36.4 Å². The van der Waals surface area contributed by atoms with Crippen molar-refractivity contribution in [1.82, 2.24) is 15.1 Å². The van der Waals surface area contributed by atoms with E-state index in [0.717, 1.165) is 22.3 Å². The van der Waals surface area contributed by atoms with Crippen LogP contribution in [0.3, 0.4) is 0 Å². The van der Waals surface area contributed by atoms with Gasteiger partial charge in [-0.25, -0.2) is 4.79 Å². The summed E-state index contributed by atoms with van der Waals surface area (Å²) in [7, 11) is 0. The Bertz CT molecular complexity index is 1130. The first-order valence-corrected chi connectivity index (χ1v) is 11.3. The molecule has 1 saturated carbocycles. The third-order valence-electron chi connectivity index (χ3n) is 6.78. The Kier molecular flexibility index (Phi) is 5.47. The number of rotatable bonds is 6. The summed E-state index contributed by atoms with van der Waals surface area (Å²) in [5.41, 5.74) is 3.41. The van der Waals surface area contributed by atoms with Crippen LogP contribution >= 0.6 is 0 Å². The summed E-state index contributed by atoms with van der Waals surface area (Å²) >= 11 is 0. The maximum absolute atomic E-state index is 13.0. The van der Waals surface area contributed by atoms with Crippen molar-refractivity contribution in [3.8, 4) is 11.1 Å². The van der Waals surface area contributed by atoms with Crippen LogP contribution in [-0.4, -0.2) is 77.1 Å². The van der Waals surface area contributed by atoms with E-state index in [2.05, 4.69) is 17.4 Å². The Hall–Kier alpha value is -3.88. The molecule has 0 bridgehead atoms. The molecule has 9 nitrogen and oxygen atoms in total. The third kappa shape index (κ3) is 3.98. The van der Waals surface area contributed by atoms with Crippen LogP contribution in [0.2, 0.25) is 0 Å². The van der Waals surface area contributed by atoms with Gasteiger partial charge in [-0.1, -0.05) is 48.5 Å². The van der Waals surface area contributed by atoms with E-state index < -0.39 is 23.5 Å². The first-order chi connectivity index (χ1) is 16.4. The zero-order valence-electron chi connectivity index (χ0n) is 18.5. The molecule has 1 heterocycles. The number of aliphatic carboxylic acids is 1. The molecular weight excluding hydrogens is 438 g/mol. The number of amides is 3. The molecule has 2 N–H and O–H groups in total. The fourth-order valence-corrected chi connectivity index (χ4v) is 4.86. The van der Waals surface area contributed by atoms with E-state index in [-0.39, 0.29) is 44.6 Å². The minimum Gasteiger partial charge on any atom is -0.480 e. The molecule has 2 fully saturated rings. The number of benzene rings is 2. The standard InChI is InChI=1S/C25H25N3O6/c29-21-13-28(12-11-27(21)14-22(30)31)23(32)25(9-10-25)26-24(33)34-15-20-18-7-3-1-5-16(18)17-6-2-4-8-19(17)20/h1-8,20H,9-15H2,(H,26,33)(H,30,31). The summed E-state index contributed by atoms with van der Waals surface area (Å²) in [6.07, 6.45) is 0.280. The van der Waals surface area contributed by atoms with E-state index in [1.54, 1.807) is 0 Å². The Labute approximate surface area is 196 Å². The lowest BCUT2D eigenvalue weighted by atomic mass is 9.98. The number of fused-ring (bicyclic) bond motifs is 3. The predicted molar refractivity (Wildman–Crippen MR) is 121 cm³/mol. The summed E-state index contributed by atoms with van der Waals surface area (Å²) in [6.45, 7) is -0.0510. The van der Waals surface area contributed by atoms with E-state index in [4.69, 9.17) is 9.84 Å². The number of hydrogen-bond donors (Lipinski definition) is 2. The number of carbonyl (C=O) groups excluding carboxylic acids is 3. The Morgan fingerprint density at radius 1 is 1.00 bits per heavy atom. The van der Waals surface area contributed by atoms with Crippen LogP contribution in [-0.2, 0) is 19.1 Å². The van der Waals surface area contributed by atoms with Gasteiger partial charge in [0.15, 0.2) is 0 Å². The Morgan fingerprint density at radius 2 is 1.62 bits per heavy atom. The number of carboxylic acid groups (broad SMARTS) is 1. The van der Waals surface area contributed by atoms with Crippen molar-refractivity contribution in [2.45, 2.75) is 24.3 Å². The second-order valence-corrected chi connectivity index (χ2v) is 8.97. The molecule has 2 aromatic carbocycles. The smallest absolute Gasteiger partial charge is 0.408 e. The summed E-state index contributed by atoms with van der Waals surface area (Å²) < 4.78 is 5.57. The predicted octanol–water partition coefficient (Wildman–Crippen LogP) is 1.81. The molecule has 1 aliphatic heterocycles. The zero-order chi connectivity index (χ0) is 23.9. The molecule has 0 aromatic heterocycles. The highest BCUT2D eigenvalue weighted by atomic mass is 16.5. The van der Waals surface area contributed by atoms with Gasteiger partial charge in [-0.3, -0.25) is 14.4 Å². The monoisotopic (exact) mass is 463 g/mol. The first-order valence-electron chi connectivity index (χ1n) is 11.3. The number of ether oxygens (including phenoxy) is 1. The average molecular weight is 463 g/mol. The Balaban J connectivity index is 1.20. The molecule has 3 aliphatic rings. The van der Waals surface area contributed by atoms with Crippen LogP contribution in [0.4, 0.5) is 4.79 Å². The highest BCUT2D eigenvalue weighted by molar-refractivity contribution is 5.96. The highest BCUT2D eigenvalue weighted by Gasteiger charge is 2.54. The highest BCUT2D eigenvalue weighted by Crippen LogP contribution is 2.44. The second kappa shape index (κ2) is 8.48. The van der Waals surface area contributed by atoms with Crippen molar-refractivity contribution < 1.29 is 29.0 Å². The van der Waals surface area contributed by atoms with Crippen LogP contribution in [0, 0.1) is 0 Å². The Morgan fingerprint density at radius 3 is 2.18 bits per heavy atom. The van der Waals surface area contributed by atoms with Crippen LogP contribution in [0.15, 0.2) is 48.5 Å². The fraction of sp³-hybridized carbons (Fsp3) is 0.360. The SMILES string of the molecule is O=C(O)CN1CCN(C(=O)C2(NC(=O)OCC3c4ccccc4-c4ccccc43)CC2)CC1=O. The molecule has 0 atom stereocenters. The van der Waals surface area contributed by atoms with Crippen LogP contribution in [0.5, 0.6) is 0 Å². The number of carbonyl (C=O) groups is 4. The largest absolute Gasteiger partial charge is 0.480 e. The van der Waals surface area contributed by atoms with Gasteiger partial charge in [0.2, 0.25) is 11.8 Å². The number of hydrogen-bond acceptors (Lipinski definition) is 5. The van der Waals surface area contributed by atoms with E-state index in [9.17, 15) is 19.2 Å². The fourth-order valence-electron chi connectivity index (χ4n) is 4.86. The van der Waals surface area contributed by atoms with Gasteiger partial charge in [0, 0.05) is 19.0 Å². The average Bonchev–Trinajstić information content (AvgIpc) is 3.53. The quantitative estimate of drug-likeness (QED) is 0.675. The normalized spacial score (nSPS) is 18.2. The molecule has 9 heteroatoms. The van der Waals surface area contributed by atoms with Crippen molar-refractivity contribution in [1.29, 1.82) is 0 Å². The first kappa shape index (κ1) is 21.9. The molecule has 0 spiro atoms. The molecule has 5 rings (SSSR count). The van der Waals surface area contributed by atoms with Gasteiger partial charge >= 0.3 is 12.1 Å². The van der Waals surface area contributed by atoms with Gasteiger partial charge in [-0.2, -0.15) is 0 Å². The molecule has 0 unspecified atom stereocenters. The zero-order valence-corrected chi connectivity index (χ0v) is 18.5. The van der Waals surface area contributed by atoms with E-state index in [1.165, 1.54) is 9.80 Å². The van der Waals surface area contributed by atoms with Crippen molar-refractivity contribution in [2.24, 2.45) is 0 Å². The van der Waals surface area contributed by atoms with Crippen LogP contribution < -0.4 is 5.32 Å². The van der Waals surface area contributed by atoms with Crippen molar-refractivity contribution in [3.63, 3.8) is 0 Å². The minimum absolute atomic E-state index is 0.0797. The van der Waals surface area contributed by atoms with Crippen molar-refractivity contribution in [2.75, 3.05) is 32.8 Å². The van der Waals surface area contributed by atoms with Crippen molar-refractivity contribution >= 4 is 23.9 Å². The van der Waals surface area contributed by atoms with Gasteiger partial charge in [0.05, 0.1) is 6.54 Å². The van der Waals surface area contributed by atoms with E-state index >= 15 is 0 Å². The minimum atomic E-state index is -1.09. The molecule has 0 radical (unpaired) electrons. The van der Waals surface area contributed by atoms with Gasteiger partial charge in [0.25, 0.3) is 0 Å². The molecular formula is C25H25N3O6. The van der Waals surface area contributed by atoms with Crippen LogP contribution in [0.1, 0.15) is 29.9 Å². The summed E-state index contributed by atoms with van der Waals surface area (Å²) in [5.74, 6) is -1.92. The molecule has 2 aliphatic carbocycles. The topological polar surface area (TPSA) is 116 Å². The van der Waals surface area contributed by atoms with Crippen molar-refractivity contribution in [3.05, 3.63) is 59.7 Å². The lowest BCUT2D eigenvalue weighted by molar-refractivity contribution is -0.151. The van der Waals surface area contributed by atoms with Gasteiger partial charge < -0.3 is 25.0 Å². The summed E-state index contributed by atoms with van der Waals surface area (Å²) in [6, 6.07) is 16.1.